The predicted octanol–water partition coefficient (Wildman–Crippen LogP) is 2.94. The molecule has 1 unspecified atom stereocenters. The van der Waals surface area contributed by atoms with Crippen molar-refractivity contribution < 1.29 is 19.4 Å². The Hall–Kier alpha value is -2.45. The van der Waals surface area contributed by atoms with Gasteiger partial charge in [0, 0.05) is 30.8 Å². The van der Waals surface area contributed by atoms with Gasteiger partial charge in [0.05, 0.1) is 28.7 Å². The molecule has 1 saturated heterocycles. The normalized spacial score (nSPS) is 31.2. The van der Waals surface area contributed by atoms with Crippen molar-refractivity contribution in [2.75, 3.05) is 13.2 Å². The number of rotatable bonds is 7. The lowest BCUT2D eigenvalue weighted by molar-refractivity contribution is -0.149. The average Bonchev–Trinajstić information content (AvgIpc) is 3.56. The number of fused-ring (bicyclic) bond motifs is 2. The zero-order valence-corrected chi connectivity index (χ0v) is 18.6. The van der Waals surface area contributed by atoms with Gasteiger partial charge in [-0.1, -0.05) is 28.9 Å². The van der Waals surface area contributed by atoms with E-state index in [1.807, 2.05) is 35.1 Å². The molecule has 2 aliphatic carbocycles. The van der Waals surface area contributed by atoms with Crippen LogP contribution in [0.2, 0.25) is 5.02 Å². The van der Waals surface area contributed by atoms with Gasteiger partial charge in [-0.3, -0.25) is 9.59 Å². The van der Waals surface area contributed by atoms with Crippen LogP contribution in [0.5, 0.6) is 0 Å². The molecular formula is C23H27ClN4O4. The molecule has 1 atom stereocenters. The number of hydrogen-bond donors (Lipinski definition) is 2. The monoisotopic (exact) mass is 458 g/mol. The summed E-state index contributed by atoms with van der Waals surface area (Å²) in [7, 11) is 0. The van der Waals surface area contributed by atoms with Crippen LogP contribution in [0.1, 0.15) is 49.8 Å². The van der Waals surface area contributed by atoms with E-state index in [9.17, 15) is 14.7 Å². The molecule has 9 heteroatoms. The number of ether oxygens (including phenoxy) is 1. The van der Waals surface area contributed by atoms with Gasteiger partial charge in [0.25, 0.3) is 0 Å². The fraction of sp³-hybridized carbons (Fsp3) is 0.565. The van der Waals surface area contributed by atoms with Gasteiger partial charge in [-0.15, -0.1) is 5.10 Å². The van der Waals surface area contributed by atoms with E-state index in [4.69, 9.17) is 16.3 Å². The number of halogens is 1. The van der Waals surface area contributed by atoms with Crippen molar-refractivity contribution in [1.82, 2.24) is 20.3 Å². The summed E-state index contributed by atoms with van der Waals surface area (Å²) in [6.07, 6.45) is 6.78. The van der Waals surface area contributed by atoms with Gasteiger partial charge in [0.15, 0.2) is 0 Å². The third-order valence-electron chi connectivity index (χ3n) is 7.73. The van der Waals surface area contributed by atoms with E-state index >= 15 is 0 Å². The summed E-state index contributed by atoms with van der Waals surface area (Å²) in [6, 6.07) is 7.52. The number of aromatic nitrogens is 3. The van der Waals surface area contributed by atoms with E-state index in [1.54, 1.807) is 0 Å². The number of nitrogens with one attached hydrogen (secondary N) is 1. The molecule has 1 aliphatic heterocycles. The second kappa shape index (κ2) is 7.85. The van der Waals surface area contributed by atoms with Crippen molar-refractivity contribution in [3.8, 4) is 0 Å². The molecule has 1 aromatic carbocycles. The fourth-order valence-corrected chi connectivity index (χ4v) is 5.97. The maximum absolute atomic E-state index is 13.1. The maximum Gasteiger partial charge on any atom is 0.312 e. The molecule has 32 heavy (non-hydrogen) atoms. The van der Waals surface area contributed by atoms with Crippen LogP contribution in [0.25, 0.3) is 0 Å². The van der Waals surface area contributed by atoms with E-state index < -0.39 is 11.4 Å². The molecule has 2 bridgehead atoms. The third-order valence-corrected chi connectivity index (χ3v) is 7.97. The van der Waals surface area contributed by atoms with E-state index in [2.05, 4.69) is 15.6 Å². The number of carbonyl (C=O) groups excluding carboxylic acids is 1. The Balaban J connectivity index is 1.27. The van der Waals surface area contributed by atoms with Crippen LogP contribution in [0, 0.1) is 10.8 Å². The number of amides is 1. The second-order valence-corrected chi connectivity index (χ2v) is 10.1. The summed E-state index contributed by atoms with van der Waals surface area (Å²) in [5.41, 5.74) is 0.122. The second-order valence-electron chi connectivity index (χ2n) is 9.71. The number of aliphatic carboxylic acids is 1. The van der Waals surface area contributed by atoms with E-state index in [-0.39, 0.29) is 23.5 Å². The van der Waals surface area contributed by atoms with Crippen LogP contribution in [0.4, 0.5) is 0 Å². The Morgan fingerprint density at radius 3 is 2.72 bits per heavy atom. The Morgan fingerprint density at radius 1 is 1.22 bits per heavy atom. The number of carboxylic acids is 1. The highest BCUT2D eigenvalue weighted by molar-refractivity contribution is 6.30. The fourth-order valence-electron chi connectivity index (χ4n) is 5.76. The van der Waals surface area contributed by atoms with Crippen LogP contribution in [0.15, 0.2) is 30.5 Å². The van der Waals surface area contributed by atoms with Gasteiger partial charge < -0.3 is 15.2 Å². The zero-order valence-electron chi connectivity index (χ0n) is 17.8. The molecule has 1 amide bonds. The Kier molecular flexibility index (Phi) is 5.25. The van der Waals surface area contributed by atoms with E-state index in [0.717, 1.165) is 37.7 Å². The van der Waals surface area contributed by atoms with Gasteiger partial charge in [0.2, 0.25) is 5.91 Å². The summed E-state index contributed by atoms with van der Waals surface area (Å²) in [5, 5.41) is 22.1. The largest absolute Gasteiger partial charge is 0.481 e. The standard InChI is InChI=1S/C23H27ClN4O4/c24-17-3-1-2-16(10-17)12-25-19(29)21-4-6-23(14-21,7-5-21)28-13-18(26-27-28)11-22(20(30)31)8-9-32-15-22/h1-3,10,13H,4-9,11-12,14-15H2,(H,25,29)(H,30,31). The molecule has 2 heterocycles. The summed E-state index contributed by atoms with van der Waals surface area (Å²) < 4.78 is 7.26. The van der Waals surface area contributed by atoms with E-state index in [0.29, 0.717) is 36.7 Å². The zero-order chi connectivity index (χ0) is 22.4. The van der Waals surface area contributed by atoms with Crippen LogP contribution >= 0.6 is 11.6 Å². The first-order valence-electron chi connectivity index (χ1n) is 11.1. The van der Waals surface area contributed by atoms with E-state index in [1.165, 1.54) is 0 Å². The van der Waals surface area contributed by atoms with Gasteiger partial charge in [-0.2, -0.15) is 0 Å². The number of carbonyl (C=O) groups is 2. The smallest absolute Gasteiger partial charge is 0.312 e. The number of benzene rings is 1. The topological polar surface area (TPSA) is 106 Å². The molecule has 1 aromatic heterocycles. The first-order valence-corrected chi connectivity index (χ1v) is 11.5. The van der Waals surface area contributed by atoms with Crippen molar-refractivity contribution in [3.05, 3.63) is 46.7 Å². The highest BCUT2D eigenvalue weighted by atomic mass is 35.5. The Bertz CT molecular complexity index is 1040. The summed E-state index contributed by atoms with van der Waals surface area (Å²) >= 11 is 6.05. The lowest BCUT2D eigenvalue weighted by atomic mass is 9.82. The number of nitrogens with zero attached hydrogens (tertiary/aromatic N) is 3. The van der Waals surface area contributed by atoms with Crippen molar-refractivity contribution in [2.24, 2.45) is 10.8 Å². The van der Waals surface area contributed by atoms with Crippen LogP contribution in [0.3, 0.4) is 0 Å². The minimum atomic E-state index is -0.923. The predicted molar refractivity (Wildman–Crippen MR) is 116 cm³/mol. The Morgan fingerprint density at radius 2 is 2.03 bits per heavy atom. The molecule has 3 aliphatic rings. The van der Waals surface area contributed by atoms with Crippen molar-refractivity contribution in [2.45, 2.75) is 57.0 Å². The maximum atomic E-state index is 13.1. The molecule has 5 rings (SSSR count). The molecule has 2 N–H and O–H groups in total. The highest BCUT2D eigenvalue weighted by Gasteiger charge is 2.59. The third kappa shape index (κ3) is 3.59. The van der Waals surface area contributed by atoms with Crippen LogP contribution in [-0.2, 0) is 32.8 Å². The van der Waals surface area contributed by atoms with Crippen molar-refractivity contribution in [1.29, 1.82) is 0 Å². The minimum absolute atomic E-state index is 0.0881. The number of carboxylic acid groups (broad SMARTS) is 1. The molecule has 2 saturated carbocycles. The Labute approximate surface area is 191 Å². The number of hydrogen-bond acceptors (Lipinski definition) is 5. The highest BCUT2D eigenvalue weighted by Crippen LogP contribution is 2.60. The molecule has 8 nitrogen and oxygen atoms in total. The molecule has 3 fully saturated rings. The molecule has 0 spiro atoms. The van der Waals surface area contributed by atoms with Crippen molar-refractivity contribution >= 4 is 23.5 Å². The van der Waals surface area contributed by atoms with Gasteiger partial charge in [-0.25, -0.2) is 4.68 Å². The average molecular weight is 459 g/mol. The van der Waals surface area contributed by atoms with Gasteiger partial charge >= 0.3 is 5.97 Å². The lowest BCUT2D eigenvalue weighted by Crippen LogP contribution is -2.37. The molecule has 2 aromatic rings. The van der Waals surface area contributed by atoms with Crippen LogP contribution in [-0.4, -0.2) is 45.2 Å². The lowest BCUT2D eigenvalue weighted by Gasteiger charge is -2.27. The minimum Gasteiger partial charge on any atom is -0.481 e. The molecular weight excluding hydrogens is 432 g/mol. The van der Waals surface area contributed by atoms with Crippen LogP contribution < -0.4 is 5.32 Å². The quantitative estimate of drug-likeness (QED) is 0.660. The summed E-state index contributed by atoms with van der Waals surface area (Å²) in [6.45, 7) is 1.12. The van der Waals surface area contributed by atoms with Crippen molar-refractivity contribution in [3.63, 3.8) is 0 Å². The van der Waals surface area contributed by atoms with Gasteiger partial charge in [0.1, 0.15) is 0 Å². The molecule has 0 radical (unpaired) electrons. The first-order chi connectivity index (χ1) is 15.3. The molecule has 170 valence electrons. The SMILES string of the molecule is O=C(O)C1(Cc2cn(C34CCC(C(=O)NCc5cccc(Cl)c5)(CC3)C4)nn2)CCOC1. The van der Waals surface area contributed by atoms with Gasteiger partial charge in [-0.05, 0) is 56.2 Å². The summed E-state index contributed by atoms with van der Waals surface area (Å²) in [5.74, 6) is -0.759. The summed E-state index contributed by atoms with van der Waals surface area (Å²) in [4.78, 5) is 25.0. The first kappa shape index (κ1) is 21.4.